The van der Waals surface area contributed by atoms with Gasteiger partial charge in [-0.3, -0.25) is 4.90 Å². The maximum Gasteiger partial charge on any atom is 0.130 e. The summed E-state index contributed by atoms with van der Waals surface area (Å²) in [4.78, 5) is 1.96. The lowest BCUT2D eigenvalue weighted by atomic mass is 10.1. The van der Waals surface area contributed by atoms with Crippen molar-refractivity contribution < 1.29 is 13.5 Å². The van der Waals surface area contributed by atoms with Gasteiger partial charge in [-0.05, 0) is 12.1 Å². The number of ether oxygens (including phenoxy) is 1. The number of rotatable bonds is 3. The van der Waals surface area contributed by atoms with Crippen LogP contribution in [0.1, 0.15) is 5.56 Å². The van der Waals surface area contributed by atoms with Gasteiger partial charge < -0.3 is 4.74 Å². The molecule has 2 rings (SSSR count). The van der Waals surface area contributed by atoms with Crippen LogP contribution in [0.15, 0.2) is 18.2 Å². The predicted molar refractivity (Wildman–Crippen MR) is 62.1 cm³/mol. The second-order valence-electron chi connectivity index (χ2n) is 4.08. The fourth-order valence-corrected chi connectivity index (χ4v) is 2.11. The van der Waals surface area contributed by atoms with Crippen molar-refractivity contribution in [3.05, 3.63) is 35.4 Å². The van der Waals surface area contributed by atoms with Crippen LogP contribution in [0, 0.1) is 11.6 Å². The largest absolute Gasteiger partial charge is 0.374 e. The Bertz CT molecular complexity index is 369. The molecule has 0 amide bonds. The molecule has 1 aliphatic heterocycles. The van der Waals surface area contributed by atoms with Crippen molar-refractivity contribution >= 4 is 11.6 Å². The molecule has 0 aliphatic carbocycles. The molecule has 0 saturated carbocycles. The average Bonchev–Trinajstić information content (AvgIpc) is 2.34. The summed E-state index contributed by atoms with van der Waals surface area (Å²) in [7, 11) is 0. The first-order chi connectivity index (χ1) is 8.20. The van der Waals surface area contributed by atoms with E-state index in [-0.39, 0.29) is 18.2 Å². The van der Waals surface area contributed by atoms with Gasteiger partial charge in [0.15, 0.2) is 0 Å². The fourth-order valence-electron chi connectivity index (χ4n) is 1.92. The van der Waals surface area contributed by atoms with Crippen molar-refractivity contribution in [1.29, 1.82) is 0 Å². The van der Waals surface area contributed by atoms with Gasteiger partial charge in [-0.25, -0.2) is 8.78 Å². The molecule has 0 aromatic heterocycles. The maximum absolute atomic E-state index is 13.5. The van der Waals surface area contributed by atoms with Crippen LogP contribution in [0.2, 0.25) is 0 Å². The fraction of sp³-hybridized carbons (Fsp3) is 0.500. The monoisotopic (exact) mass is 261 g/mol. The second-order valence-corrected chi connectivity index (χ2v) is 4.39. The molecule has 17 heavy (non-hydrogen) atoms. The van der Waals surface area contributed by atoms with Crippen LogP contribution >= 0.6 is 11.6 Å². The molecule has 2 nitrogen and oxygen atoms in total. The Morgan fingerprint density at radius 3 is 2.71 bits per heavy atom. The summed E-state index contributed by atoms with van der Waals surface area (Å²) in [6.45, 7) is 2.08. The summed E-state index contributed by atoms with van der Waals surface area (Å²) in [5.74, 6) is -0.603. The lowest BCUT2D eigenvalue weighted by Gasteiger charge is -2.32. The van der Waals surface area contributed by atoms with Gasteiger partial charge in [0.2, 0.25) is 0 Å². The lowest BCUT2D eigenvalue weighted by Crippen LogP contribution is -2.43. The van der Waals surface area contributed by atoms with Gasteiger partial charge in [-0.2, -0.15) is 0 Å². The van der Waals surface area contributed by atoms with Gasteiger partial charge >= 0.3 is 0 Å². The SMILES string of the molecule is Fc1cccc(F)c1CN1CCOC(CCl)C1. The molecule has 5 heteroatoms. The first-order valence-corrected chi connectivity index (χ1v) is 6.07. The van der Waals surface area contributed by atoms with Crippen LogP contribution in [0.25, 0.3) is 0 Å². The zero-order chi connectivity index (χ0) is 12.3. The highest BCUT2D eigenvalue weighted by Gasteiger charge is 2.21. The molecule has 1 saturated heterocycles. The average molecular weight is 262 g/mol. The minimum atomic E-state index is -0.501. The van der Waals surface area contributed by atoms with Crippen molar-refractivity contribution in [1.82, 2.24) is 4.90 Å². The van der Waals surface area contributed by atoms with Crippen molar-refractivity contribution in [3.8, 4) is 0 Å². The van der Waals surface area contributed by atoms with Crippen LogP contribution in [0.3, 0.4) is 0 Å². The van der Waals surface area contributed by atoms with E-state index in [2.05, 4.69) is 0 Å². The number of hydrogen-bond donors (Lipinski definition) is 0. The summed E-state index contributed by atoms with van der Waals surface area (Å²) in [5, 5.41) is 0. The molecule has 1 aliphatic rings. The third-order valence-electron chi connectivity index (χ3n) is 2.84. The highest BCUT2D eigenvalue weighted by atomic mass is 35.5. The van der Waals surface area contributed by atoms with Crippen LogP contribution in [0.5, 0.6) is 0 Å². The summed E-state index contributed by atoms with van der Waals surface area (Å²) in [5.41, 5.74) is 0.114. The Morgan fingerprint density at radius 2 is 2.06 bits per heavy atom. The molecule has 1 heterocycles. The number of morpholine rings is 1. The van der Waals surface area contributed by atoms with Gasteiger partial charge in [0.05, 0.1) is 12.7 Å². The van der Waals surface area contributed by atoms with Crippen LogP contribution in [0.4, 0.5) is 8.78 Å². The van der Waals surface area contributed by atoms with Crippen LogP contribution in [-0.4, -0.2) is 36.6 Å². The van der Waals surface area contributed by atoms with Crippen molar-refractivity contribution in [3.63, 3.8) is 0 Å². The second kappa shape index (κ2) is 5.76. The van der Waals surface area contributed by atoms with Gasteiger partial charge in [-0.15, -0.1) is 11.6 Å². The van der Waals surface area contributed by atoms with E-state index in [1.54, 1.807) is 0 Å². The first kappa shape index (κ1) is 12.7. The summed E-state index contributed by atoms with van der Waals surface area (Å²) >= 11 is 5.71. The summed E-state index contributed by atoms with van der Waals surface area (Å²) in [6, 6.07) is 3.92. The Labute approximate surface area is 104 Å². The van der Waals surface area contributed by atoms with Crippen molar-refractivity contribution in [2.45, 2.75) is 12.6 Å². The first-order valence-electron chi connectivity index (χ1n) is 5.53. The number of halogens is 3. The summed E-state index contributed by atoms with van der Waals surface area (Å²) in [6.07, 6.45) is -0.0553. The van der Waals surface area contributed by atoms with E-state index >= 15 is 0 Å². The molecular weight excluding hydrogens is 248 g/mol. The molecule has 0 radical (unpaired) electrons. The van der Waals surface area contributed by atoms with Gasteiger partial charge in [0.25, 0.3) is 0 Å². The van der Waals surface area contributed by atoms with E-state index < -0.39 is 11.6 Å². The third-order valence-corrected chi connectivity index (χ3v) is 3.18. The minimum absolute atomic E-state index is 0.0553. The standard InChI is InChI=1S/C12H14ClF2NO/c13-6-9-7-16(4-5-17-9)8-10-11(14)2-1-3-12(10)15/h1-3,9H,4-8H2. The Hall–Kier alpha value is -0.710. The van der Waals surface area contributed by atoms with Gasteiger partial charge in [0, 0.05) is 31.1 Å². The van der Waals surface area contributed by atoms with E-state index in [0.29, 0.717) is 25.6 Å². The normalized spacial score (nSPS) is 21.7. The number of nitrogens with zero attached hydrogens (tertiary/aromatic N) is 1. The van der Waals surface area contributed by atoms with E-state index in [1.807, 2.05) is 4.90 Å². The van der Waals surface area contributed by atoms with E-state index in [0.717, 1.165) is 0 Å². The number of alkyl halides is 1. The molecule has 1 unspecified atom stereocenters. The lowest BCUT2D eigenvalue weighted by molar-refractivity contribution is -0.0200. The Balaban J connectivity index is 2.05. The molecule has 1 aromatic rings. The van der Waals surface area contributed by atoms with Gasteiger partial charge in [0.1, 0.15) is 11.6 Å². The molecule has 1 atom stereocenters. The number of benzene rings is 1. The topological polar surface area (TPSA) is 12.5 Å². The smallest absolute Gasteiger partial charge is 0.130 e. The Kier molecular flexibility index (Phi) is 4.31. The molecular formula is C12H14ClF2NO. The zero-order valence-electron chi connectivity index (χ0n) is 9.33. The van der Waals surface area contributed by atoms with Gasteiger partial charge in [-0.1, -0.05) is 6.07 Å². The summed E-state index contributed by atoms with van der Waals surface area (Å²) < 4.78 is 32.3. The van der Waals surface area contributed by atoms with Crippen molar-refractivity contribution in [2.75, 3.05) is 25.6 Å². The molecule has 0 spiro atoms. The molecule has 1 aromatic carbocycles. The predicted octanol–water partition coefficient (Wildman–Crippen LogP) is 2.40. The molecule has 1 fully saturated rings. The molecule has 94 valence electrons. The molecule has 0 N–H and O–H groups in total. The van der Waals surface area contributed by atoms with E-state index in [1.165, 1.54) is 18.2 Å². The molecule has 0 bridgehead atoms. The van der Waals surface area contributed by atoms with Crippen LogP contribution < -0.4 is 0 Å². The highest BCUT2D eigenvalue weighted by molar-refractivity contribution is 6.18. The quantitative estimate of drug-likeness (QED) is 0.775. The Morgan fingerprint density at radius 1 is 1.35 bits per heavy atom. The minimum Gasteiger partial charge on any atom is -0.374 e. The number of hydrogen-bond acceptors (Lipinski definition) is 2. The van der Waals surface area contributed by atoms with E-state index in [9.17, 15) is 8.78 Å². The highest BCUT2D eigenvalue weighted by Crippen LogP contribution is 2.16. The zero-order valence-corrected chi connectivity index (χ0v) is 10.1. The maximum atomic E-state index is 13.5. The van der Waals surface area contributed by atoms with Crippen molar-refractivity contribution in [2.24, 2.45) is 0 Å². The third kappa shape index (κ3) is 3.15. The van der Waals surface area contributed by atoms with Crippen LogP contribution in [-0.2, 0) is 11.3 Å². The van der Waals surface area contributed by atoms with E-state index in [4.69, 9.17) is 16.3 Å².